The van der Waals surface area contributed by atoms with Crippen LogP contribution in [0, 0.1) is 18.3 Å². The third-order valence-corrected chi connectivity index (χ3v) is 4.37. The lowest BCUT2D eigenvalue weighted by Crippen LogP contribution is -2.05. The zero-order chi connectivity index (χ0) is 20.1. The number of halogens is 3. The summed E-state index contributed by atoms with van der Waals surface area (Å²) in [6.45, 7) is 2.16. The van der Waals surface area contributed by atoms with Crippen molar-refractivity contribution in [2.75, 3.05) is 11.9 Å². The van der Waals surface area contributed by atoms with E-state index in [1.54, 1.807) is 12.3 Å². The van der Waals surface area contributed by atoms with Crippen LogP contribution in [-0.2, 0) is 6.18 Å². The molecule has 142 valence electrons. The average Bonchev–Trinajstić information content (AvgIpc) is 3.50. The molecule has 1 aromatic heterocycles. The Hall–Kier alpha value is -3.26. The molecule has 3 rings (SSSR count). The Morgan fingerprint density at radius 2 is 2.00 bits per heavy atom. The van der Waals surface area contributed by atoms with Gasteiger partial charge < -0.3 is 5.32 Å². The van der Waals surface area contributed by atoms with E-state index < -0.39 is 11.7 Å². The number of aromatic nitrogens is 1. The maximum absolute atomic E-state index is 13.1. The number of nitrogens with zero attached hydrogens (tertiary/aromatic N) is 1. The summed E-state index contributed by atoms with van der Waals surface area (Å²) in [6, 6.07) is 9.04. The molecule has 1 N–H and O–H groups in total. The molecule has 0 aliphatic heterocycles. The Labute approximate surface area is 162 Å². The van der Waals surface area contributed by atoms with Crippen molar-refractivity contribution in [1.82, 2.24) is 4.98 Å². The average molecular weight is 380 g/mol. The number of hydrogen-bond donors (Lipinski definition) is 1. The first-order valence-corrected chi connectivity index (χ1v) is 8.77. The highest BCUT2D eigenvalue weighted by Crippen LogP contribution is 2.34. The molecule has 0 radical (unpaired) electrons. The molecule has 0 bridgehead atoms. The smallest absolute Gasteiger partial charge is 0.359 e. The molecule has 1 aromatic carbocycles. The minimum atomic E-state index is -4.38. The van der Waals surface area contributed by atoms with E-state index in [-0.39, 0.29) is 0 Å². The standard InChI is InChI=1S/C23H19F3N2/c1-3-12-27-22-15-19(11-13-28-22)21(10-9-17-7-8-17)16(2)18-5-4-6-20(14-18)23(24,25)26/h1,4-11,13-15,17H,12H2,2H3,(H,27,28)/b10-9-,21-16-. The van der Waals surface area contributed by atoms with Crippen molar-refractivity contribution in [3.63, 3.8) is 0 Å². The Balaban J connectivity index is 2.05. The quantitative estimate of drug-likeness (QED) is 0.388. The lowest BCUT2D eigenvalue weighted by Gasteiger charge is -2.13. The first kappa shape index (κ1) is 19.5. The summed E-state index contributed by atoms with van der Waals surface area (Å²) < 4.78 is 39.4. The van der Waals surface area contributed by atoms with Gasteiger partial charge in [-0.15, -0.1) is 6.42 Å². The molecule has 2 aromatic rings. The fourth-order valence-corrected chi connectivity index (χ4v) is 2.76. The van der Waals surface area contributed by atoms with Crippen molar-refractivity contribution in [3.8, 4) is 12.3 Å². The number of rotatable bonds is 6. The second kappa shape index (κ2) is 8.18. The topological polar surface area (TPSA) is 24.9 Å². The lowest BCUT2D eigenvalue weighted by atomic mass is 9.94. The minimum absolute atomic E-state index is 0.296. The zero-order valence-electron chi connectivity index (χ0n) is 15.3. The van der Waals surface area contributed by atoms with Gasteiger partial charge in [0, 0.05) is 12.1 Å². The van der Waals surface area contributed by atoms with Crippen LogP contribution in [0.3, 0.4) is 0 Å². The van der Waals surface area contributed by atoms with Crippen molar-refractivity contribution in [2.45, 2.75) is 13.1 Å². The summed E-state index contributed by atoms with van der Waals surface area (Å²) in [6.07, 6.45) is 10.6. The number of terminal acetylenes is 1. The van der Waals surface area contributed by atoms with Gasteiger partial charge in [0.05, 0.1) is 12.1 Å². The molecule has 28 heavy (non-hydrogen) atoms. The number of nitrogens with one attached hydrogen (secondary N) is 1. The first-order valence-electron chi connectivity index (χ1n) is 8.77. The van der Waals surface area contributed by atoms with Gasteiger partial charge in [-0.2, -0.15) is 13.2 Å². The van der Waals surface area contributed by atoms with E-state index in [2.05, 4.69) is 16.2 Å². The van der Waals surface area contributed by atoms with Gasteiger partial charge in [0.1, 0.15) is 5.82 Å². The monoisotopic (exact) mass is 380 g/mol. The molecule has 0 spiro atoms. The fraction of sp³-hybridized carbons (Fsp3) is 0.174. The predicted molar refractivity (Wildman–Crippen MR) is 107 cm³/mol. The second-order valence-corrected chi connectivity index (χ2v) is 6.43. The second-order valence-electron chi connectivity index (χ2n) is 6.43. The highest BCUT2D eigenvalue weighted by molar-refractivity contribution is 5.95. The molecule has 1 heterocycles. The Morgan fingerprint density at radius 3 is 2.68 bits per heavy atom. The number of anilines is 1. The third-order valence-electron chi connectivity index (χ3n) is 4.37. The van der Waals surface area contributed by atoms with Gasteiger partial charge in [0.2, 0.25) is 0 Å². The van der Waals surface area contributed by atoms with Crippen molar-refractivity contribution >= 4 is 17.0 Å². The molecule has 0 unspecified atom stereocenters. The van der Waals surface area contributed by atoms with Crippen LogP contribution in [0.5, 0.6) is 0 Å². The highest BCUT2D eigenvalue weighted by Gasteiger charge is 2.30. The van der Waals surface area contributed by atoms with Crippen LogP contribution in [0.25, 0.3) is 11.1 Å². The number of pyridine rings is 1. The summed E-state index contributed by atoms with van der Waals surface area (Å²) in [5.41, 5.74) is 2.29. The van der Waals surface area contributed by atoms with E-state index >= 15 is 0 Å². The molecule has 1 aliphatic carbocycles. The summed E-state index contributed by atoms with van der Waals surface area (Å²) in [5.74, 6) is 3.40. The van der Waals surface area contributed by atoms with Crippen LogP contribution in [0.15, 0.2) is 66.9 Å². The highest BCUT2D eigenvalue weighted by atomic mass is 19.4. The van der Waals surface area contributed by atoms with Crippen molar-refractivity contribution in [2.24, 2.45) is 5.92 Å². The van der Waals surface area contributed by atoms with Crippen LogP contribution >= 0.6 is 0 Å². The maximum Gasteiger partial charge on any atom is 0.416 e. The van der Waals surface area contributed by atoms with Crippen LogP contribution in [0.1, 0.15) is 23.6 Å². The van der Waals surface area contributed by atoms with E-state index in [9.17, 15) is 13.2 Å². The lowest BCUT2D eigenvalue weighted by molar-refractivity contribution is -0.137. The Kier molecular flexibility index (Phi) is 5.70. The van der Waals surface area contributed by atoms with Gasteiger partial charge in [0.25, 0.3) is 0 Å². The van der Waals surface area contributed by atoms with Gasteiger partial charge in [-0.25, -0.2) is 4.98 Å². The fourth-order valence-electron chi connectivity index (χ4n) is 2.76. The van der Waals surface area contributed by atoms with Crippen LogP contribution in [0.2, 0.25) is 0 Å². The molecule has 2 nitrogen and oxygen atoms in total. The summed E-state index contributed by atoms with van der Waals surface area (Å²) in [7, 11) is 0. The normalized spacial score (nSPS) is 14.7. The Bertz CT molecular complexity index is 985. The van der Waals surface area contributed by atoms with Crippen LogP contribution in [-0.4, -0.2) is 11.5 Å². The maximum atomic E-state index is 13.1. The van der Waals surface area contributed by atoms with Gasteiger partial charge in [-0.1, -0.05) is 42.4 Å². The molecule has 1 aliphatic rings. The molecule has 0 amide bonds. The number of allylic oxidation sites excluding steroid dienone is 6. The van der Waals surface area contributed by atoms with Crippen LogP contribution in [0.4, 0.5) is 19.0 Å². The molecule has 0 fully saturated rings. The SMILES string of the molecule is C#CCNc1cc(C(/C=C\C2C=C2)=C(/C)c2cccc(C(F)(F)F)c2)ccn1. The van der Waals surface area contributed by atoms with Gasteiger partial charge >= 0.3 is 6.18 Å². The molecular formula is C23H19F3N2. The first-order chi connectivity index (χ1) is 13.4. The van der Waals surface area contributed by atoms with Crippen molar-refractivity contribution in [3.05, 3.63) is 83.6 Å². The summed E-state index contributed by atoms with van der Waals surface area (Å²) in [4.78, 5) is 4.23. The van der Waals surface area contributed by atoms with Gasteiger partial charge in [0.15, 0.2) is 0 Å². The summed E-state index contributed by atoms with van der Waals surface area (Å²) >= 11 is 0. The van der Waals surface area contributed by atoms with Crippen molar-refractivity contribution in [1.29, 1.82) is 0 Å². The van der Waals surface area contributed by atoms with Gasteiger partial charge in [-0.3, -0.25) is 0 Å². The number of benzene rings is 1. The van der Waals surface area contributed by atoms with E-state index in [0.29, 0.717) is 23.8 Å². The molecule has 0 saturated heterocycles. The van der Waals surface area contributed by atoms with Gasteiger partial charge in [-0.05, 0) is 53.5 Å². The molecule has 5 heteroatoms. The van der Waals surface area contributed by atoms with E-state index in [1.807, 2.05) is 43.4 Å². The number of alkyl halides is 3. The van der Waals surface area contributed by atoms with Crippen molar-refractivity contribution < 1.29 is 13.2 Å². The third kappa shape index (κ3) is 4.92. The van der Waals surface area contributed by atoms with Crippen LogP contribution < -0.4 is 5.32 Å². The predicted octanol–water partition coefficient (Wildman–Crippen LogP) is 5.82. The molecular weight excluding hydrogens is 361 g/mol. The van der Waals surface area contributed by atoms with E-state index in [1.165, 1.54) is 12.1 Å². The van der Waals surface area contributed by atoms with E-state index in [4.69, 9.17) is 6.42 Å². The Morgan fingerprint density at radius 1 is 1.21 bits per heavy atom. The molecule has 0 atom stereocenters. The van der Waals surface area contributed by atoms with E-state index in [0.717, 1.165) is 22.8 Å². The molecule has 0 saturated carbocycles. The zero-order valence-corrected chi connectivity index (χ0v) is 15.3. The summed E-state index contributed by atoms with van der Waals surface area (Å²) in [5, 5.41) is 3.02. The number of hydrogen-bond acceptors (Lipinski definition) is 2. The largest absolute Gasteiger partial charge is 0.416 e. The minimum Gasteiger partial charge on any atom is -0.359 e.